The molecule has 1 N–H and O–H groups in total. The summed E-state index contributed by atoms with van der Waals surface area (Å²) in [7, 11) is 0. The van der Waals surface area contributed by atoms with Crippen molar-refractivity contribution in [3.05, 3.63) is 68.4 Å². The van der Waals surface area contributed by atoms with E-state index in [1.165, 1.54) is 24.3 Å². The third kappa shape index (κ3) is 2.53. The van der Waals surface area contributed by atoms with Crippen molar-refractivity contribution in [2.45, 2.75) is 0 Å². The maximum Gasteiger partial charge on any atom is 0.433 e. The van der Waals surface area contributed by atoms with E-state index in [1.807, 2.05) is 0 Å². The van der Waals surface area contributed by atoms with Gasteiger partial charge in [0.1, 0.15) is 4.92 Å². The number of nitriles is 1. The molecule has 25 heavy (non-hydrogen) atoms. The molecule has 2 aromatic heterocycles. The predicted molar refractivity (Wildman–Crippen MR) is 79.9 cm³/mol. The van der Waals surface area contributed by atoms with Crippen molar-refractivity contribution >= 4 is 28.6 Å². The average molecular weight is 341 g/mol. The smallest absolute Gasteiger partial charge is 0.433 e. The van der Waals surface area contributed by atoms with Crippen molar-refractivity contribution in [1.82, 2.24) is 0 Å². The van der Waals surface area contributed by atoms with E-state index in [2.05, 4.69) is 5.32 Å². The Hall–Kier alpha value is -4.20. The molecular weight excluding hydrogens is 334 g/mol. The van der Waals surface area contributed by atoms with Crippen LogP contribution >= 0.6 is 0 Å². The van der Waals surface area contributed by atoms with Crippen LogP contribution in [0.5, 0.6) is 0 Å². The number of carbonyl (C=O) groups excluding carboxylic acids is 1. The minimum Gasteiger partial charge on any atom is -0.710 e. The van der Waals surface area contributed by atoms with Gasteiger partial charge in [-0.3, -0.25) is 10.1 Å². The third-order valence-electron chi connectivity index (χ3n) is 3.28. The lowest BCUT2D eigenvalue weighted by Crippen LogP contribution is -2.44. The number of para-hydroxylation sites is 2. The second-order valence-corrected chi connectivity index (χ2v) is 4.74. The molecule has 124 valence electrons. The Morgan fingerprint density at radius 2 is 1.80 bits per heavy atom. The molecule has 3 rings (SSSR count). The van der Waals surface area contributed by atoms with Gasteiger partial charge in [-0.1, -0.05) is 12.1 Å². The zero-order valence-corrected chi connectivity index (χ0v) is 12.2. The molecule has 0 aliphatic carbocycles. The highest BCUT2D eigenvalue weighted by molar-refractivity contribution is 6.02. The van der Waals surface area contributed by atoms with Gasteiger partial charge in [0.05, 0.1) is 6.07 Å². The van der Waals surface area contributed by atoms with Crippen molar-refractivity contribution in [3.8, 4) is 6.07 Å². The lowest BCUT2D eigenvalue weighted by atomic mass is 10.2. The number of furan rings is 1. The Morgan fingerprint density at radius 1 is 1.16 bits per heavy atom. The summed E-state index contributed by atoms with van der Waals surface area (Å²) in [6.07, 6.45) is 0. The maximum atomic E-state index is 12.4. The van der Waals surface area contributed by atoms with Crippen LogP contribution in [0.25, 0.3) is 11.0 Å². The van der Waals surface area contributed by atoms with E-state index >= 15 is 0 Å². The fourth-order valence-corrected chi connectivity index (χ4v) is 2.17. The highest BCUT2D eigenvalue weighted by Gasteiger charge is 2.30. The largest absolute Gasteiger partial charge is 0.710 e. The van der Waals surface area contributed by atoms with Gasteiger partial charge in [0.2, 0.25) is 11.3 Å². The molecule has 1 amide bonds. The van der Waals surface area contributed by atoms with Crippen LogP contribution in [0.4, 0.5) is 11.7 Å². The van der Waals surface area contributed by atoms with Crippen molar-refractivity contribution in [3.63, 3.8) is 0 Å². The van der Waals surface area contributed by atoms with Gasteiger partial charge in [0.25, 0.3) is 5.52 Å². The van der Waals surface area contributed by atoms with E-state index < -0.39 is 34.0 Å². The number of hydrogen-bond acceptors (Lipinski definition) is 7. The molecule has 0 bridgehead atoms. The Morgan fingerprint density at radius 3 is 2.36 bits per heavy atom. The summed E-state index contributed by atoms with van der Waals surface area (Å²) in [4.78, 5) is 21.9. The van der Waals surface area contributed by atoms with Crippen LogP contribution in [0.15, 0.2) is 40.8 Å². The number of nitrogens with one attached hydrogen (secondary N) is 1. The molecule has 0 saturated heterocycles. The van der Waals surface area contributed by atoms with Crippen LogP contribution in [-0.2, 0) is 0 Å². The number of carbonyl (C=O) groups is 1. The quantitative estimate of drug-likeness (QED) is 0.317. The number of nitro groups is 1. The first-order valence-electron chi connectivity index (χ1n) is 6.67. The van der Waals surface area contributed by atoms with E-state index in [0.29, 0.717) is 0 Å². The van der Waals surface area contributed by atoms with Crippen molar-refractivity contribution in [2.75, 3.05) is 5.32 Å². The molecule has 0 spiro atoms. The summed E-state index contributed by atoms with van der Waals surface area (Å²) in [5.41, 5.74) is -0.763. The lowest BCUT2D eigenvalue weighted by molar-refractivity contribution is -0.620. The number of fused-ring (bicyclic) bond motifs is 1. The molecule has 1 aromatic carbocycles. The predicted octanol–water partition coefficient (Wildman–Crippen LogP) is 0.732. The molecule has 0 aliphatic rings. The first-order chi connectivity index (χ1) is 11.9. The van der Waals surface area contributed by atoms with Gasteiger partial charge in [0.15, 0.2) is 6.07 Å². The maximum absolute atomic E-state index is 12.4. The zero-order valence-electron chi connectivity index (χ0n) is 12.2. The second-order valence-electron chi connectivity index (χ2n) is 4.74. The first-order valence-corrected chi connectivity index (χ1v) is 6.67. The topological polar surface area (TPSA) is 163 Å². The fraction of sp³-hybridized carbons (Fsp3) is 0. The number of hydrogen-bond donors (Lipinski definition) is 1. The van der Waals surface area contributed by atoms with Crippen LogP contribution in [-0.4, -0.2) is 10.8 Å². The summed E-state index contributed by atoms with van der Waals surface area (Å²) in [5, 5.41) is 46.4. The normalized spacial score (nSPS) is 10.4. The van der Waals surface area contributed by atoms with Gasteiger partial charge in [-0.05, 0) is 12.1 Å². The van der Waals surface area contributed by atoms with Crippen LogP contribution in [0.2, 0.25) is 0 Å². The van der Waals surface area contributed by atoms with Gasteiger partial charge in [0, 0.05) is 6.07 Å². The third-order valence-corrected chi connectivity index (χ3v) is 3.28. The Balaban J connectivity index is 2.09. The highest BCUT2D eigenvalue weighted by Crippen LogP contribution is 2.18. The molecule has 0 unspecified atom stereocenters. The fourth-order valence-electron chi connectivity index (χ4n) is 2.17. The summed E-state index contributed by atoms with van der Waals surface area (Å²) in [5.74, 6) is -2.76. The van der Waals surface area contributed by atoms with E-state index in [4.69, 9.17) is 9.68 Å². The molecule has 0 fully saturated rings. The minimum atomic E-state index is -1.02. The van der Waals surface area contributed by atoms with E-state index in [9.17, 15) is 25.3 Å². The summed E-state index contributed by atoms with van der Waals surface area (Å²) in [6.45, 7) is 0. The SMILES string of the molecule is N#Cc1c(NC(=O)c2ccc([N+](=O)[O-])o2)[n+]([O-])c2ccccc2[n+]1[O-]. The molecule has 2 heterocycles. The molecule has 0 saturated carbocycles. The van der Waals surface area contributed by atoms with Gasteiger partial charge in [-0.25, -0.2) is 9.52 Å². The Labute approximate surface area is 138 Å². The molecule has 0 aliphatic heterocycles. The average Bonchev–Trinajstić information content (AvgIpc) is 3.10. The standard InChI is InChI=1S/C14H7N5O6/c15-7-10-13(16-14(20)11-5-6-12(25-11)19(23)24)18(22)9-4-2-1-3-8(9)17(10)21/h1-6H,(H,16,20). The number of aromatic nitrogens is 2. The molecule has 0 atom stereocenters. The second kappa shape index (κ2) is 5.78. The summed E-state index contributed by atoms with van der Waals surface area (Å²) < 4.78 is 5.15. The van der Waals surface area contributed by atoms with Crippen molar-refractivity contribution in [2.24, 2.45) is 0 Å². The van der Waals surface area contributed by atoms with Crippen LogP contribution < -0.4 is 14.8 Å². The molecule has 3 aromatic rings. The lowest BCUT2D eigenvalue weighted by Gasteiger charge is -2.12. The number of benzene rings is 1. The summed E-state index contributed by atoms with van der Waals surface area (Å²) >= 11 is 0. The zero-order chi connectivity index (χ0) is 18.1. The van der Waals surface area contributed by atoms with Crippen LogP contribution in [0.1, 0.15) is 16.2 Å². The number of nitrogens with zero attached hydrogens (tertiary/aromatic N) is 4. The molecular formula is C14H7N5O6. The first kappa shape index (κ1) is 15.7. The van der Waals surface area contributed by atoms with E-state index in [1.54, 1.807) is 6.07 Å². The van der Waals surface area contributed by atoms with Crippen LogP contribution in [0, 0.1) is 31.9 Å². The van der Waals surface area contributed by atoms with Gasteiger partial charge in [-0.15, -0.1) is 4.73 Å². The van der Waals surface area contributed by atoms with Gasteiger partial charge in [-0.2, -0.15) is 10.6 Å². The molecule has 11 heteroatoms. The Bertz CT molecular complexity index is 1070. The summed E-state index contributed by atoms with van der Waals surface area (Å²) in [6, 6.07) is 9.24. The van der Waals surface area contributed by atoms with Gasteiger partial charge < -0.3 is 14.8 Å². The van der Waals surface area contributed by atoms with Gasteiger partial charge >= 0.3 is 23.3 Å². The Kier molecular flexibility index (Phi) is 3.63. The number of amides is 1. The monoisotopic (exact) mass is 341 g/mol. The van der Waals surface area contributed by atoms with Crippen molar-refractivity contribution < 1.29 is 23.6 Å². The molecule has 0 radical (unpaired) electrons. The number of anilines is 1. The van der Waals surface area contributed by atoms with Crippen LogP contribution in [0.3, 0.4) is 0 Å². The van der Waals surface area contributed by atoms with E-state index in [-0.39, 0.29) is 20.5 Å². The van der Waals surface area contributed by atoms with E-state index in [0.717, 1.165) is 12.1 Å². The van der Waals surface area contributed by atoms with Crippen molar-refractivity contribution in [1.29, 1.82) is 5.26 Å². The molecule has 11 nitrogen and oxygen atoms in total. The highest BCUT2D eigenvalue weighted by atomic mass is 16.6. The number of rotatable bonds is 3. The minimum absolute atomic E-state index is 0.0549.